The average Bonchev–Trinajstić information content (AvgIpc) is 2.74. The maximum atomic E-state index is 7.00. The van der Waals surface area contributed by atoms with E-state index in [9.17, 15) is 0 Å². The fraction of sp³-hybridized carbons (Fsp3) is 0.655. The van der Waals surface area contributed by atoms with Crippen molar-refractivity contribution in [2.45, 2.75) is 92.0 Å². The molecule has 0 N–H and O–H groups in total. The number of halogens is 1. The molecular formula is C29H49IO4Si. The van der Waals surface area contributed by atoms with Crippen LogP contribution >= 0.6 is 22.6 Å². The summed E-state index contributed by atoms with van der Waals surface area (Å²) >= 11 is 2.42. The van der Waals surface area contributed by atoms with Crippen LogP contribution in [0, 0.1) is 5.41 Å². The number of methoxy groups -OCH3 is 3. The summed E-state index contributed by atoms with van der Waals surface area (Å²) in [5.74, 6) is 1.93. The molecule has 35 heavy (non-hydrogen) atoms. The van der Waals surface area contributed by atoms with Crippen LogP contribution in [0.15, 0.2) is 29.9 Å². The molecule has 0 saturated heterocycles. The summed E-state index contributed by atoms with van der Waals surface area (Å²) < 4.78 is 25.1. The zero-order valence-corrected chi connectivity index (χ0v) is 27.5. The van der Waals surface area contributed by atoms with Crippen LogP contribution in [-0.4, -0.2) is 42.4 Å². The van der Waals surface area contributed by atoms with Crippen LogP contribution in [-0.2, 0) is 9.16 Å². The van der Waals surface area contributed by atoms with Gasteiger partial charge in [-0.15, -0.1) is 0 Å². The van der Waals surface area contributed by atoms with Gasteiger partial charge in [0.15, 0.2) is 19.8 Å². The lowest BCUT2D eigenvalue weighted by molar-refractivity contribution is 0.173. The Bertz CT molecular complexity index is 895. The summed E-state index contributed by atoms with van der Waals surface area (Å²) in [4.78, 5) is 0. The molecule has 200 valence electrons. The number of allylic oxidation sites excluding steroid dienone is 1. The first-order valence-corrected chi connectivity index (χ1v) is 16.5. The summed E-state index contributed by atoms with van der Waals surface area (Å²) in [5.41, 5.74) is 3.45. The van der Waals surface area contributed by atoms with Crippen LogP contribution in [0.25, 0.3) is 3.58 Å². The minimum atomic E-state index is -2.01. The average molecular weight is 617 g/mol. The van der Waals surface area contributed by atoms with Crippen molar-refractivity contribution in [3.63, 3.8) is 0 Å². The molecule has 6 heteroatoms. The van der Waals surface area contributed by atoms with Gasteiger partial charge in [0.05, 0.1) is 26.9 Å². The summed E-state index contributed by atoms with van der Waals surface area (Å²) in [6, 6.07) is 4.30. The van der Waals surface area contributed by atoms with Gasteiger partial charge < -0.3 is 18.6 Å². The van der Waals surface area contributed by atoms with Gasteiger partial charge in [-0.2, -0.15) is 0 Å². The van der Waals surface area contributed by atoms with Gasteiger partial charge in [-0.05, 0) is 77.5 Å². The van der Waals surface area contributed by atoms with Gasteiger partial charge in [0.25, 0.3) is 0 Å². The summed E-state index contributed by atoms with van der Waals surface area (Å²) in [7, 11) is 3.15. The standard InChI is InChI=1S/C29H49IO4Si/c1-20(2)23-14-15-24(27(33-11)26(23)32-10)25(30)18-22(34-35(12,13)28(4,5)6)19-29(7,8)21(3)16-17-31-9/h14-16,18,20,22H,17,19H2,1-13H3/b21-16+,25-18-/t22-/m0/s1. The molecule has 0 unspecified atom stereocenters. The van der Waals surface area contributed by atoms with E-state index in [0.29, 0.717) is 12.5 Å². The number of benzene rings is 1. The van der Waals surface area contributed by atoms with Crippen LogP contribution in [0.4, 0.5) is 0 Å². The predicted molar refractivity (Wildman–Crippen MR) is 162 cm³/mol. The van der Waals surface area contributed by atoms with E-state index in [2.05, 4.69) is 115 Å². The topological polar surface area (TPSA) is 36.9 Å². The van der Waals surface area contributed by atoms with Crippen molar-refractivity contribution >= 4 is 34.5 Å². The normalized spacial score (nSPS) is 14.9. The van der Waals surface area contributed by atoms with Gasteiger partial charge in [0.1, 0.15) is 0 Å². The van der Waals surface area contributed by atoms with Crippen LogP contribution in [0.1, 0.15) is 78.9 Å². The fourth-order valence-electron chi connectivity index (χ4n) is 3.73. The Hall–Kier alpha value is -0.833. The number of ether oxygens (including phenoxy) is 3. The van der Waals surface area contributed by atoms with E-state index in [4.69, 9.17) is 18.6 Å². The monoisotopic (exact) mass is 616 g/mol. The molecule has 0 aliphatic heterocycles. The molecule has 4 nitrogen and oxygen atoms in total. The fourth-order valence-corrected chi connectivity index (χ4v) is 5.81. The summed E-state index contributed by atoms with van der Waals surface area (Å²) in [6.45, 7) is 23.2. The van der Waals surface area contributed by atoms with E-state index in [0.717, 1.165) is 32.6 Å². The van der Waals surface area contributed by atoms with E-state index >= 15 is 0 Å². The smallest absolute Gasteiger partial charge is 0.192 e. The molecule has 1 aromatic rings. The Kier molecular flexibility index (Phi) is 12.1. The second-order valence-electron chi connectivity index (χ2n) is 11.8. The lowest BCUT2D eigenvalue weighted by atomic mass is 9.79. The van der Waals surface area contributed by atoms with Crippen molar-refractivity contribution in [1.82, 2.24) is 0 Å². The van der Waals surface area contributed by atoms with Crippen molar-refractivity contribution in [2.75, 3.05) is 27.9 Å². The molecule has 0 radical (unpaired) electrons. The highest BCUT2D eigenvalue weighted by molar-refractivity contribution is 14.1. The molecule has 1 aromatic carbocycles. The molecule has 0 bridgehead atoms. The molecule has 1 rings (SSSR count). The molecule has 0 aliphatic carbocycles. The number of hydrogen-bond acceptors (Lipinski definition) is 4. The van der Waals surface area contributed by atoms with Crippen LogP contribution in [0.5, 0.6) is 11.5 Å². The van der Waals surface area contributed by atoms with Gasteiger partial charge in [0, 0.05) is 21.8 Å². The van der Waals surface area contributed by atoms with Crippen molar-refractivity contribution in [3.05, 3.63) is 41.0 Å². The molecule has 1 atom stereocenters. The van der Waals surface area contributed by atoms with E-state index in [-0.39, 0.29) is 16.6 Å². The van der Waals surface area contributed by atoms with Gasteiger partial charge in [0.2, 0.25) is 0 Å². The third-order valence-corrected chi connectivity index (χ3v) is 12.8. The van der Waals surface area contributed by atoms with Crippen molar-refractivity contribution in [3.8, 4) is 11.5 Å². The quantitative estimate of drug-likeness (QED) is 0.133. The van der Waals surface area contributed by atoms with E-state index in [1.165, 1.54) is 5.57 Å². The second kappa shape index (κ2) is 13.1. The first-order valence-electron chi connectivity index (χ1n) is 12.5. The highest BCUT2D eigenvalue weighted by Crippen LogP contribution is 2.45. The van der Waals surface area contributed by atoms with Gasteiger partial charge in [-0.3, -0.25) is 0 Å². The molecule has 0 aliphatic rings. The molecule has 0 heterocycles. The zero-order valence-electron chi connectivity index (χ0n) is 24.4. The van der Waals surface area contributed by atoms with Gasteiger partial charge in [-0.25, -0.2) is 0 Å². The maximum Gasteiger partial charge on any atom is 0.192 e. The Balaban J connectivity index is 3.58. The highest BCUT2D eigenvalue weighted by Gasteiger charge is 2.40. The second-order valence-corrected chi connectivity index (χ2v) is 17.7. The Labute approximate surface area is 230 Å². The molecule has 0 amide bonds. The third kappa shape index (κ3) is 8.61. The summed E-state index contributed by atoms with van der Waals surface area (Å²) in [6.07, 6.45) is 5.29. The lowest BCUT2D eigenvalue weighted by Crippen LogP contribution is -2.44. The van der Waals surface area contributed by atoms with Gasteiger partial charge >= 0.3 is 0 Å². The van der Waals surface area contributed by atoms with Crippen molar-refractivity contribution in [1.29, 1.82) is 0 Å². The highest BCUT2D eigenvalue weighted by atomic mass is 127. The van der Waals surface area contributed by atoms with Crippen LogP contribution in [0.2, 0.25) is 18.1 Å². The van der Waals surface area contributed by atoms with Crippen LogP contribution in [0.3, 0.4) is 0 Å². The molecule has 0 saturated carbocycles. The lowest BCUT2D eigenvalue weighted by Gasteiger charge is -2.41. The van der Waals surface area contributed by atoms with Crippen molar-refractivity contribution in [2.24, 2.45) is 5.41 Å². The van der Waals surface area contributed by atoms with E-state index < -0.39 is 8.32 Å². The largest absolute Gasteiger partial charge is 0.493 e. The number of hydrogen-bond donors (Lipinski definition) is 0. The Morgan fingerprint density at radius 1 is 1.00 bits per heavy atom. The maximum absolute atomic E-state index is 7.00. The minimum absolute atomic E-state index is 0.0378. The SMILES string of the molecule is COC/C=C(\C)C(C)(C)C[C@H](/C=C(\I)c1ccc(C(C)C)c(OC)c1OC)O[Si](C)(C)C(C)(C)C. The van der Waals surface area contributed by atoms with Crippen molar-refractivity contribution < 1.29 is 18.6 Å². The Morgan fingerprint density at radius 3 is 2.03 bits per heavy atom. The predicted octanol–water partition coefficient (Wildman–Crippen LogP) is 9.00. The number of rotatable bonds is 12. The zero-order chi connectivity index (χ0) is 27.2. The third-order valence-electron chi connectivity index (χ3n) is 7.35. The molecule has 0 spiro atoms. The molecular weight excluding hydrogens is 567 g/mol. The molecule has 0 aromatic heterocycles. The van der Waals surface area contributed by atoms with Gasteiger partial charge in [-0.1, -0.05) is 66.2 Å². The first kappa shape index (κ1) is 32.2. The summed E-state index contributed by atoms with van der Waals surface area (Å²) in [5, 5.41) is 0.120. The Morgan fingerprint density at radius 2 is 1.57 bits per heavy atom. The van der Waals surface area contributed by atoms with E-state index in [1.807, 2.05) is 0 Å². The first-order chi connectivity index (χ1) is 16.0. The molecule has 0 fully saturated rings. The van der Waals surface area contributed by atoms with Crippen LogP contribution < -0.4 is 9.47 Å². The minimum Gasteiger partial charge on any atom is -0.493 e. The van der Waals surface area contributed by atoms with E-state index in [1.54, 1.807) is 21.3 Å².